The van der Waals surface area contributed by atoms with Gasteiger partial charge < -0.3 is 20.3 Å². The lowest BCUT2D eigenvalue weighted by Gasteiger charge is -2.06. The van der Waals surface area contributed by atoms with Crippen molar-refractivity contribution in [2.75, 3.05) is 5.73 Å². The number of nitrogen functional groups attached to an aromatic ring is 1. The molecule has 0 aliphatic rings. The molecule has 0 saturated carbocycles. The van der Waals surface area contributed by atoms with Gasteiger partial charge in [0, 0.05) is 0 Å². The summed E-state index contributed by atoms with van der Waals surface area (Å²) in [5, 5.41) is 18.4. The third-order valence-corrected chi connectivity index (χ3v) is 3.33. The van der Waals surface area contributed by atoms with Gasteiger partial charge in [-0.2, -0.15) is 9.97 Å². The Balaban J connectivity index is 1.94. The predicted octanol–water partition coefficient (Wildman–Crippen LogP) is -0.210. The monoisotopic (exact) mass is 303 g/mol. The van der Waals surface area contributed by atoms with Crippen molar-refractivity contribution in [1.82, 2.24) is 19.5 Å². The molecule has 3 rings (SSSR count). The van der Waals surface area contributed by atoms with Crippen molar-refractivity contribution >= 4 is 41.3 Å². The highest BCUT2D eigenvalue weighted by Crippen LogP contribution is 2.20. The molecule has 9 heteroatoms. The van der Waals surface area contributed by atoms with E-state index in [1.54, 1.807) is 35.2 Å². The van der Waals surface area contributed by atoms with Crippen LogP contribution in [0.2, 0.25) is 5.15 Å². The fourth-order valence-electron chi connectivity index (χ4n) is 2.03. The number of imidazole rings is 1. The largest absolute Gasteiger partial charge is 0.488 e. The van der Waals surface area contributed by atoms with Crippen LogP contribution in [0.4, 0.5) is 5.95 Å². The van der Waals surface area contributed by atoms with E-state index in [0.717, 1.165) is 5.56 Å². The summed E-state index contributed by atoms with van der Waals surface area (Å²) in [6.45, 7) is 0.505. The Morgan fingerprint density at radius 2 is 1.90 bits per heavy atom. The molecule has 0 spiro atoms. The van der Waals surface area contributed by atoms with Gasteiger partial charge in [0.1, 0.15) is 5.52 Å². The molecular formula is C12H11BClN5O2. The molecule has 2 aromatic heterocycles. The second-order valence-corrected chi connectivity index (χ2v) is 4.89. The first-order valence-corrected chi connectivity index (χ1v) is 6.51. The van der Waals surface area contributed by atoms with Gasteiger partial charge in [0.2, 0.25) is 5.95 Å². The summed E-state index contributed by atoms with van der Waals surface area (Å²) in [7, 11) is -1.47. The van der Waals surface area contributed by atoms with Gasteiger partial charge in [-0.1, -0.05) is 35.9 Å². The van der Waals surface area contributed by atoms with E-state index >= 15 is 0 Å². The molecule has 0 atom stereocenters. The van der Waals surface area contributed by atoms with E-state index in [2.05, 4.69) is 15.0 Å². The highest BCUT2D eigenvalue weighted by molar-refractivity contribution is 6.58. The van der Waals surface area contributed by atoms with Crippen molar-refractivity contribution in [3.8, 4) is 0 Å². The number of nitrogens with two attached hydrogens (primary N) is 1. The smallest absolute Gasteiger partial charge is 0.423 e. The third kappa shape index (κ3) is 2.69. The zero-order chi connectivity index (χ0) is 15.0. The van der Waals surface area contributed by atoms with Crippen molar-refractivity contribution in [2.24, 2.45) is 0 Å². The van der Waals surface area contributed by atoms with Gasteiger partial charge in [0.05, 0.1) is 12.9 Å². The Bertz CT molecular complexity index is 790. The number of anilines is 1. The lowest BCUT2D eigenvalue weighted by Crippen LogP contribution is -2.29. The summed E-state index contributed by atoms with van der Waals surface area (Å²) >= 11 is 5.97. The number of nitrogens with zero attached hydrogens (tertiary/aromatic N) is 4. The zero-order valence-electron chi connectivity index (χ0n) is 10.8. The Morgan fingerprint density at radius 1 is 1.19 bits per heavy atom. The van der Waals surface area contributed by atoms with Gasteiger partial charge in [-0.05, 0) is 11.0 Å². The van der Waals surface area contributed by atoms with Crippen LogP contribution in [-0.2, 0) is 6.54 Å². The first-order valence-electron chi connectivity index (χ1n) is 6.13. The summed E-state index contributed by atoms with van der Waals surface area (Å²) in [4.78, 5) is 12.2. The highest BCUT2D eigenvalue weighted by Gasteiger charge is 2.12. The molecule has 0 bridgehead atoms. The van der Waals surface area contributed by atoms with Crippen LogP contribution in [0.5, 0.6) is 0 Å². The van der Waals surface area contributed by atoms with E-state index in [-0.39, 0.29) is 11.1 Å². The summed E-state index contributed by atoms with van der Waals surface area (Å²) in [6.07, 6.45) is 1.61. The van der Waals surface area contributed by atoms with Crippen molar-refractivity contribution < 1.29 is 10.0 Å². The molecular weight excluding hydrogens is 292 g/mol. The van der Waals surface area contributed by atoms with E-state index in [4.69, 9.17) is 27.4 Å². The molecule has 1 aromatic carbocycles. The van der Waals surface area contributed by atoms with Gasteiger partial charge in [-0.25, -0.2) is 4.98 Å². The average molecular weight is 304 g/mol. The lowest BCUT2D eigenvalue weighted by atomic mass is 9.80. The number of hydrogen-bond donors (Lipinski definition) is 3. The second-order valence-electron chi connectivity index (χ2n) is 4.53. The van der Waals surface area contributed by atoms with Crippen molar-refractivity contribution in [3.63, 3.8) is 0 Å². The van der Waals surface area contributed by atoms with Crippen LogP contribution in [0, 0.1) is 0 Å². The number of hydrogen-bond acceptors (Lipinski definition) is 6. The minimum atomic E-state index is -1.47. The topological polar surface area (TPSA) is 110 Å². The minimum Gasteiger partial charge on any atom is -0.423 e. The molecule has 4 N–H and O–H groups in total. The molecule has 0 unspecified atom stereocenters. The van der Waals surface area contributed by atoms with Crippen LogP contribution < -0.4 is 11.2 Å². The van der Waals surface area contributed by atoms with Crippen LogP contribution in [0.1, 0.15) is 5.56 Å². The van der Waals surface area contributed by atoms with E-state index in [9.17, 15) is 0 Å². The first kappa shape index (κ1) is 13.8. The van der Waals surface area contributed by atoms with Crippen LogP contribution in [0.3, 0.4) is 0 Å². The van der Waals surface area contributed by atoms with Crippen LogP contribution >= 0.6 is 11.6 Å². The number of benzene rings is 1. The number of aromatic nitrogens is 4. The van der Waals surface area contributed by atoms with Gasteiger partial charge in [0.15, 0.2) is 10.8 Å². The standard InChI is InChI=1S/C12H11BClN5O2/c14-10-9-11(18-12(15)17-10)19(6-16-9)5-7-1-3-8(4-2-7)13(20)21/h1-4,6,20-21H,5H2,(H2,15,17,18). The van der Waals surface area contributed by atoms with Crippen molar-refractivity contribution in [3.05, 3.63) is 41.3 Å². The van der Waals surface area contributed by atoms with Crippen molar-refractivity contribution in [2.45, 2.75) is 6.54 Å². The van der Waals surface area contributed by atoms with Crippen LogP contribution in [0.25, 0.3) is 11.2 Å². The van der Waals surface area contributed by atoms with Gasteiger partial charge >= 0.3 is 7.12 Å². The summed E-state index contributed by atoms with van der Waals surface area (Å²) in [5.41, 5.74) is 8.03. The van der Waals surface area contributed by atoms with Crippen LogP contribution in [-0.4, -0.2) is 36.7 Å². The average Bonchev–Trinajstić information content (AvgIpc) is 2.83. The lowest BCUT2D eigenvalue weighted by molar-refractivity contribution is 0.426. The molecule has 0 fully saturated rings. The summed E-state index contributed by atoms with van der Waals surface area (Å²) < 4.78 is 1.80. The van der Waals surface area contributed by atoms with E-state index in [0.29, 0.717) is 23.2 Å². The molecule has 7 nitrogen and oxygen atoms in total. The molecule has 0 amide bonds. The molecule has 2 heterocycles. The predicted molar refractivity (Wildman–Crippen MR) is 80.1 cm³/mol. The normalized spacial score (nSPS) is 11.0. The highest BCUT2D eigenvalue weighted by atomic mass is 35.5. The SMILES string of the molecule is Nc1nc(Cl)c2ncn(Cc3ccc(B(O)O)cc3)c2n1. The Morgan fingerprint density at radius 3 is 2.57 bits per heavy atom. The molecule has 0 radical (unpaired) electrons. The third-order valence-electron chi connectivity index (χ3n) is 3.07. The van der Waals surface area contributed by atoms with Crippen LogP contribution in [0.15, 0.2) is 30.6 Å². The summed E-state index contributed by atoms with van der Waals surface area (Å²) in [6, 6.07) is 6.89. The maximum absolute atomic E-state index is 9.07. The van der Waals surface area contributed by atoms with Gasteiger partial charge in [-0.3, -0.25) is 0 Å². The zero-order valence-corrected chi connectivity index (χ0v) is 11.6. The van der Waals surface area contributed by atoms with E-state index < -0.39 is 7.12 Å². The minimum absolute atomic E-state index is 0.0907. The second kappa shape index (κ2) is 5.32. The first-order chi connectivity index (χ1) is 10.0. The molecule has 0 aliphatic heterocycles. The molecule has 3 aromatic rings. The Kier molecular flexibility index (Phi) is 3.50. The maximum atomic E-state index is 9.07. The number of fused-ring (bicyclic) bond motifs is 1. The molecule has 21 heavy (non-hydrogen) atoms. The van der Waals surface area contributed by atoms with E-state index in [1.807, 2.05) is 0 Å². The number of rotatable bonds is 3. The fraction of sp³-hybridized carbons (Fsp3) is 0.0833. The quantitative estimate of drug-likeness (QED) is 0.456. The van der Waals surface area contributed by atoms with Gasteiger partial charge in [0.25, 0.3) is 0 Å². The van der Waals surface area contributed by atoms with Crippen molar-refractivity contribution in [1.29, 1.82) is 0 Å². The maximum Gasteiger partial charge on any atom is 0.488 e. The molecule has 0 aliphatic carbocycles. The Hall–Kier alpha value is -2.16. The fourth-order valence-corrected chi connectivity index (χ4v) is 2.25. The van der Waals surface area contributed by atoms with E-state index in [1.165, 1.54) is 0 Å². The Labute approximate surface area is 125 Å². The number of halogens is 1. The molecule has 0 saturated heterocycles. The molecule has 106 valence electrons. The van der Waals surface area contributed by atoms with Gasteiger partial charge in [-0.15, -0.1) is 0 Å². The summed E-state index contributed by atoms with van der Waals surface area (Å²) in [5.74, 6) is 0.0907.